The van der Waals surface area contributed by atoms with Gasteiger partial charge in [0.2, 0.25) is 5.91 Å². The summed E-state index contributed by atoms with van der Waals surface area (Å²) < 4.78 is 27.7. The average Bonchev–Trinajstić information content (AvgIpc) is 2.58. The Bertz CT molecular complexity index is 870. The van der Waals surface area contributed by atoms with Crippen LogP contribution in [0.1, 0.15) is 42.7 Å². The first-order valence-corrected chi connectivity index (χ1v) is 9.37. The number of hydrogen-bond donors (Lipinski definition) is 2. The summed E-state index contributed by atoms with van der Waals surface area (Å²) in [6, 6.07) is 6.54. The third kappa shape index (κ3) is 5.20. The number of carbonyl (C=O) groups is 2. The predicted octanol–water partition coefficient (Wildman–Crippen LogP) is 4.90. The smallest absolute Gasteiger partial charge is 0.257 e. The van der Waals surface area contributed by atoms with Crippen LogP contribution < -0.4 is 10.6 Å². The summed E-state index contributed by atoms with van der Waals surface area (Å²) in [7, 11) is 0. The zero-order valence-electron chi connectivity index (χ0n) is 15.5. The fourth-order valence-corrected chi connectivity index (χ4v) is 3.27. The van der Waals surface area contributed by atoms with Gasteiger partial charge in [-0.25, -0.2) is 8.78 Å². The van der Waals surface area contributed by atoms with Crippen LogP contribution in [0.3, 0.4) is 0 Å². The molecule has 0 saturated carbocycles. The number of benzene rings is 2. The van der Waals surface area contributed by atoms with E-state index in [1.165, 1.54) is 0 Å². The van der Waals surface area contributed by atoms with Crippen molar-refractivity contribution in [2.45, 2.75) is 32.9 Å². The van der Waals surface area contributed by atoms with Gasteiger partial charge in [0, 0.05) is 10.0 Å². The summed E-state index contributed by atoms with van der Waals surface area (Å²) in [5.74, 6) is -3.82. The lowest BCUT2D eigenvalue weighted by Crippen LogP contribution is -2.50. The van der Waals surface area contributed by atoms with Gasteiger partial charge in [-0.2, -0.15) is 0 Å². The molecule has 0 aliphatic rings. The molecular weight excluding hydrogens is 409 g/mol. The Morgan fingerprint density at radius 1 is 0.964 bits per heavy atom. The highest BCUT2D eigenvalue weighted by molar-refractivity contribution is 6.35. The molecule has 0 unspecified atom stereocenters. The molecule has 4 nitrogen and oxygen atoms in total. The van der Waals surface area contributed by atoms with Crippen LogP contribution in [0, 0.1) is 17.6 Å². The number of carbonyl (C=O) groups excluding carboxylic acids is 2. The van der Waals surface area contributed by atoms with Crippen molar-refractivity contribution in [1.82, 2.24) is 10.6 Å². The van der Waals surface area contributed by atoms with E-state index < -0.39 is 41.1 Å². The molecule has 0 aliphatic heterocycles. The lowest BCUT2D eigenvalue weighted by Gasteiger charge is -2.24. The van der Waals surface area contributed by atoms with Crippen LogP contribution >= 0.6 is 23.2 Å². The first-order chi connectivity index (χ1) is 13.1. The van der Waals surface area contributed by atoms with E-state index in [1.54, 1.807) is 39.0 Å². The average molecular weight is 429 g/mol. The third-order valence-electron chi connectivity index (χ3n) is 4.21. The van der Waals surface area contributed by atoms with Crippen molar-refractivity contribution in [3.8, 4) is 0 Å². The maximum Gasteiger partial charge on any atom is 0.257 e. The Morgan fingerprint density at radius 3 is 2.11 bits per heavy atom. The fourth-order valence-electron chi connectivity index (χ4n) is 2.70. The molecule has 0 aromatic heterocycles. The Kier molecular flexibility index (Phi) is 7.38. The standard InChI is InChI=1S/C20H20Cl2F2N2O2/c1-10(2)18(26-19(27)17-15(23)5-4-6-16(17)24)20(28)25-11(3)13-8-7-12(21)9-14(13)22/h4-11,18H,1-3H3,(H,25,28)(H,26,27)/t11-,18+/m1/s1. The minimum absolute atomic E-state index is 0.327. The van der Waals surface area contributed by atoms with Gasteiger partial charge in [0.15, 0.2) is 0 Å². The van der Waals surface area contributed by atoms with Crippen molar-refractivity contribution < 1.29 is 18.4 Å². The van der Waals surface area contributed by atoms with E-state index in [4.69, 9.17) is 23.2 Å². The lowest BCUT2D eigenvalue weighted by molar-refractivity contribution is -0.124. The molecule has 0 heterocycles. The molecule has 2 aromatic rings. The zero-order valence-corrected chi connectivity index (χ0v) is 17.0. The molecule has 0 bridgehead atoms. The van der Waals surface area contributed by atoms with Crippen molar-refractivity contribution in [2.24, 2.45) is 5.92 Å². The number of hydrogen-bond acceptors (Lipinski definition) is 2. The van der Waals surface area contributed by atoms with Gasteiger partial charge < -0.3 is 10.6 Å². The largest absolute Gasteiger partial charge is 0.348 e. The van der Waals surface area contributed by atoms with Gasteiger partial charge in [-0.3, -0.25) is 9.59 Å². The van der Waals surface area contributed by atoms with Gasteiger partial charge in [-0.1, -0.05) is 49.2 Å². The molecule has 2 N–H and O–H groups in total. The highest BCUT2D eigenvalue weighted by Gasteiger charge is 2.28. The number of amides is 2. The first kappa shape index (κ1) is 22.1. The Morgan fingerprint density at radius 2 is 1.57 bits per heavy atom. The molecule has 150 valence electrons. The second kappa shape index (κ2) is 9.34. The maximum atomic E-state index is 13.8. The van der Waals surface area contributed by atoms with Crippen LogP contribution in [-0.2, 0) is 4.79 Å². The quantitative estimate of drug-likeness (QED) is 0.686. The molecule has 0 fully saturated rings. The van der Waals surface area contributed by atoms with E-state index >= 15 is 0 Å². The van der Waals surface area contributed by atoms with Crippen molar-refractivity contribution in [2.75, 3.05) is 0 Å². The van der Waals surface area contributed by atoms with Gasteiger partial charge >= 0.3 is 0 Å². The molecule has 2 aromatic carbocycles. The van der Waals surface area contributed by atoms with Gasteiger partial charge in [0.25, 0.3) is 5.91 Å². The summed E-state index contributed by atoms with van der Waals surface area (Å²) >= 11 is 12.0. The van der Waals surface area contributed by atoms with Crippen LogP contribution in [-0.4, -0.2) is 17.9 Å². The summed E-state index contributed by atoms with van der Waals surface area (Å²) in [5, 5.41) is 6.02. The first-order valence-electron chi connectivity index (χ1n) is 8.62. The third-order valence-corrected chi connectivity index (χ3v) is 4.78. The predicted molar refractivity (Wildman–Crippen MR) is 105 cm³/mol. The normalized spacial score (nSPS) is 13.1. The van der Waals surface area contributed by atoms with Crippen LogP contribution in [0.15, 0.2) is 36.4 Å². The monoisotopic (exact) mass is 428 g/mol. The van der Waals surface area contributed by atoms with Crippen LogP contribution in [0.5, 0.6) is 0 Å². The van der Waals surface area contributed by atoms with Gasteiger partial charge in [0.1, 0.15) is 23.2 Å². The minimum atomic E-state index is -1.000. The molecular formula is C20H20Cl2F2N2O2. The van der Waals surface area contributed by atoms with Crippen molar-refractivity contribution in [3.05, 3.63) is 69.2 Å². The highest BCUT2D eigenvalue weighted by Crippen LogP contribution is 2.26. The van der Waals surface area contributed by atoms with Crippen molar-refractivity contribution in [1.29, 1.82) is 0 Å². The second-order valence-corrected chi connectivity index (χ2v) is 7.53. The Labute approximate surface area is 172 Å². The molecule has 0 saturated heterocycles. The van der Waals surface area contributed by atoms with E-state index in [9.17, 15) is 18.4 Å². The van der Waals surface area contributed by atoms with E-state index in [0.29, 0.717) is 15.6 Å². The summed E-state index contributed by atoms with van der Waals surface area (Å²) in [4.78, 5) is 25.0. The van der Waals surface area contributed by atoms with E-state index in [0.717, 1.165) is 18.2 Å². The molecule has 0 aliphatic carbocycles. The Balaban J connectivity index is 2.17. The van der Waals surface area contributed by atoms with E-state index in [2.05, 4.69) is 10.6 Å². The number of rotatable bonds is 6. The molecule has 0 radical (unpaired) electrons. The zero-order chi connectivity index (χ0) is 21.0. The molecule has 28 heavy (non-hydrogen) atoms. The topological polar surface area (TPSA) is 58.2 Å². The number of halogens is 4. The molecule has 8 heteroatoms. The minimum Gasteiger partial charge on any atom is -0.348 e. The van der Waals surface area contributed by atoms with Crippen LogP contribution in [0.4, 0.5) is 8.78 Å². The van der Waals surface area contributed by atoms with Crippen LogP contribution in [0.25, 0.3) is 0 Å². The van der Waals surface area contributed by atoms with E-state index in [-0.39, 0.29) is 5.92 Å². The molecule has 2 amide bonds. The second-order valence-electron chi connectivity index (χ2n) is 6.69. The van der Waals surface area contributed by atoms with Crippen LogP contribution in [0.2, 0.25) is 10.0 Å². The molecule has 2 rings (SSSR count). The Hall–Kier alpha value is -2.18. The molecule has 2 atom stereocenters. The number of nitrogens with one attached hydrogen (secondary N) is 2. The van der Waals surface area contributed by atoms with Crippen molar-refractivity contribution >= 4 is 35.0 Å². The highest BCUT2D eigenvalue weighted by atomic mass is 35.5. The van der Waals surface area contributed by atoms with Crippen molar-refractivity contribution in [3.63, 3.8) is 0 Å². The summed E-state index contributed by atoms with van der Waals surface area (Å²) in [5.41, 5.74) is -0.0804. The van der Waals surface area contributed by atoms with Gasteiger partial charge in [-0.05, 0) is 42.7 Å². The molecule has 0 spiro atoms. The summed E-state index contributed by atoms with van der Waals surface area (Å²) in [6.45, 7) is 5.15. The fraction of sp³-hybridized carbons (Fsp3) is 0.300. The van der Waals surface area contributed by atoms with E-state index in [1.807, 2.05) is 0 Å². The van der Waals surface area contributed by atoms with Gasteiger partial charge in [0.05, 0.1) is 6.04 Å². The lowest BCUT2D eigenvalue weighted by atomic mass is 10.0. The SMILES string of the molecule is CC(C)[C@H](NC(=O)c1c(F)cccc1F)C(=O)N[C@H](C)c1ccc(Cl)cc1Cl. The maximum absolute atomic E-state index is 13.8. The van der Waals surface area contributed by atoms with Gasteiger partial charge in [-0.15, -0.1) is 0 Å². The summed E-state index contributed by atoms with van der Waals surface area (Å²) in [6.07, 6.45) is 0.